The number of benzene rings is 1. The molecule has 4 rings (SSSR count). The van der Waals surface area contributed by atoms with Gasteiger partial charge in [-0.1, -0.05) is 0 Å². The molecule has 0 radical (unpaired) electrons. The minimum Gasteiger partial charge on any atom is -0.380 e. The molecule has 3 heterocycles. The normalized spacial score (nSPS) is 18.9. The molecule has 2 aliphatic rings. The number of halogens is 3. The Hall–Kier alpha value is -3.41. The summed E-state index contributed by atoms with van der Waals surface area (Å²) in [4.78, 5) is 33.3. The van der Waals surface area contributed by atoms with E-state index in [1.54, 1.807) is 4.90 Å². The minimum atomic E-state index is -4.83. The Morgan fingerprint density at radius 1 is 1.17 bits per heavy atom. The molecular formula is C24H29F3N6O3. The largest absolute Gasteiger partial charge is 0.423 e. The van der Waals surface area contributed by atoms with Crippen molar-refractivity contribution in [1.29, 1.82) is 0 Å². The molecule has 2 aromatic rings. The van der Waals surface area contributed by atoms with Crippen LogP contribution in [-0.4, -0.2) is 77.5 Å². The van der Waals surface area contributed by atoms with E-state index in [0.717, 1.165) is 49.7 Å². The van der Waals surface area contributed by atoms with Gasteiger partial charge in [0.15, 0.2) is 0 Å². The molecule has 9 nitrogen and oxygen atoms in total. The molecule has 1 aromatic carbocycles. The molecule has 0 saturated carbocycles. The summed E-state index contributed by atoms with van der Waals surface area (Å²) in [5, 5.41) is 13.9. The molecular weight excluding hydrogens is 477 g/mol. The molecule has 2 saturated heterocycles. The fourth-order valence-electron chi connectivity index (χ4n) is 4.64. The van der Waals surface area contributed by atoms with Crippen LogP contribution >= 0.6 is 0 Å². The van der Waals surface area contributed by atoms with E-state index in [2.05, 4.69) is 26.2 Å². The zero-order valence-corrected chi connectivity index (χ0v) is 20.0. The van der Waals surface area contributed by atoms with Crippen LogP contribution in [0, 0.1) is 17.0 Å². The van der Waals surface area contributed by atoms with Gasteiger partial charge in [-0.2, -0.15) is 13.2 Å². The molecule has 1 N–H and O–H groups in total. The van der Waals surface area contributed by atoms with Crippen LogP contribution in [0.2, 0.25) is 0 Å². The van der Waals surface area contributed by atoms with Gasteiger partial charge in [-0.3, -0.25) is 24.8 Å². The summed E-state index contributed by atoms with van der Waals surface area (Å²) < 4.78 is 39.7. The second-order valence-electron chi connectivity index (χ2n) is 9.19. The molecule has 1 amide bonds. The van der Waals surface area contributed by atoms with Gasteiger partial charge in [-0.05, 0) is 37.6 Å². The van der Waals surface area contributed by atoms with Gasteiger partial charge >= 0.3 is 6.18 Å². The van der Waals surface area contributed by atoms with Crippen LogP contribution in [0.15, 0.2) is 36.5 Å². The van der Waals surface area contributed by atoms with Gasteiger partial charge in [-0.15, -0.1) is 0 Å². The topological polar surface area (TPSA) is 94.8 Å². The van der Waals surface area contributed by atoms with Crippen LogP contribution in [-0.2, 0) is 11.0 Å². The fraction of sp³-hybridized carbons (Fsp3) is 0.500. The van der Waals surface area contributed by atoms with Gasteiger partial charge in [0, 0.05) is 75.7 Å². The highest BCUT2D eigenvalue weighted by molar-refractivity contribution is 5.77. The Balaban J connectivity index is 1.23. The molecule has 1 atom stereocenters. The summed E-state index contributed by atoms with van der Waals surface area (Å²) in [6.07, 6.45) is -1.98. The summed E-state index contributed by atoms with van der Waals surface area (Å²) >= 11 is 0. The summed E-state index contributed by atoms with van der Waals surface area (Å²) in [5.74, 6) is 0.0177. The second kappa shape index (κ2) is 10.7. The average molecular weight is 507 g/mol. The van der Waals surface area contributed by atoms with Gasteiger partial charge < -0.3 is 15.1 Å². The van der Waals surface area contributed by atoms with Crippen LogP contribution < -0.4 is 10.2 Å². The number of rotatable bonds is 7. The number of hydrogen-bond donors (Lipinski definition) is 1. The third kappa shape index (κ3) is 6.23. The number of hydrogen-bond acceptors (Lipinski definition) is 7. The number of nitro benzene ring substituents is 1. The second-order valence-corrected chi connectivity index (χ2v) is 9.19. The Morgan fingerprint density at radius 3 is 2.56 bits per heavy atom. The number of piperazine rings is 1. The van der Waals surface area contributed by atoms with Crippen molar-refractivity contribution in [2.45, 2.75) is 32.0 Å². The maximum atomic E-state index is 13.2. The molecule has 0 aliphatic carbocycles. The summed E-state index contributed by atoms with van der Waals surface area (Å²) in [6, 6.07) is 6.73. The third-order valence-corrected chi connectivity index (χ3v) is 6.69. The lowest BCUT2D eigenvalue weighted by molar-refractivity contribution is -0.388. The Kier molecular flexibility index (Phi) is 7.62. The molecule has 0 unspecified atom stereocenters. The van der Waals surface area contributed by atoms with E-state index in [4.69, 9.17) is 0 Å². The maximum absolute atomic E-state index is 13.2. The quantitative estimate of drug-likeness (QED) is 0.453. The van der Waals surface area contributed by atoms with Crippen molar-refractivity contribution in [1.82, 2.24) is 14.8 Å². The van der Waals surface area contributed by atoms with E-state index in [9.17, 15) is 28.1 Å². The fourth-order valence-corrected chi connectivity index (χ4v) is 4.64. The van der Waals surface area contributed by atoms with Crippen LogP contribution in [0.5, 0.6) is 0 Å². The highest BCUT2D eigenvalue weighted by atomic mass is 19.4. The number of anilines is 2. The van der Waals surface area contributed by atoms with Crippen molar-refractivity contribution in [3.8, 4) is 0 Å². The first-order chi connectivity index (χ1) is 17.1. The van der Waals surface area contributed by atoms with Crippen molar-refractivity contribution < 1.29 is 22.9 Å². The van der Waals surface area contributed by atoms with Gasteiger partial charge in [-0.25, -0.2) is 0 Å². The van der Waals surface area contributed by atoms with Gasteiger partial charge in [0.25, 0.3) is 5.69 Å². The Morgan fingerprint density at radius 2 is 1.92 bits per heavy atom. The smallest absolute Gasteiger partial charge is 0.380 e. The monoisotopic (exact) mass is 506 g/mol. The Bertz CT molecular complexity index is 1090. The lowest BCUT2D eigenvalue weighted by Crippen LogP contribution is -2.47. The highest BCUT2D eigenvalue weighted by Gasteiger charge is 2.38. The number of aryl methyl sites for hydroxylation is 1. The number of pyridine rings is 1. The first-order valence-corrected chi connectivity index (χ1v) is 11.9. The zero-order chi connectivity index (χ0) is 25.9. The van der Waals surface area contributed by atoms with Crippen LogP contribution in [0.4, 0.5) is 30.2 Å². The lowest BCUT2D eigenvalue weighted by atomic mass is 10.1. The van der Waals surface area contributed by atoms with E-state index in [-0.39, 0.29) is 17.6 Å². The number of likely N-dealkylation sites (tertiary alicyclic amines) is 1. The number of alkyl halides is 3. The van der Waals surface area contributed by atoms with Crippen molar-refractivity contribution in [3.05, 3.63) is 57.9 Å². The molecule has 2 aliphatic heterocycles. The molecule has 36 heavy (non-hydrogen) atoms. The van der Waals surface area contributed by atoms with Crippen molar-refractivity contribution >= 4 is 23.0 Å². The van der Waals surface area contributed by atoms with E-state index >= 15 is 0 Å². The average Bonchev–Trinajstić information content (AvgIpc) is 3.31. The summed E-state index contributed by atoms with van der Waals surface area (Å²) in [7, 11) is 0. The predicted molar refractivity (Wildman–Crippen MR) is 129 cm³/mol. The van der Waals surface area contributed by atoms with Crippen molar-refractivity contribution in [2.24, 2.45) is 0 Å². The molecule has 0 bridgehead atoms. The molecule has 0 spiro atoms. The molecule has 1 aromatic heterocycles. The van der Waals surface area contributed by atoms with Gasteiger partial charge in [0.2, 0.25) is 5.91 Å². The van der Waals surface area contributed by atoms with Gasteiger partial charge in [0.05, 0.1) is 16.8 Å². The number of carbonyl (C=O) groups excluding carboxylic acids is 1. The van der Waals surface area contributed by atoms with Crippen LogP contribution in [0.25, 0.3) is 0 Å². The molecule has 194 valence electrons. The summed E-state index contributed by atoms with van der Waals surface area (Å²) in [5.41, 5.74) is -0.0416. The predicted octanol–water partition coefficient (Wildman–Crippen LogP) is 3.54. The zero-order valence-electron chi connectivity index (χ0n) is 20.0. The maximum Gasteiger partial charge on any atom is 0.423 e. The van der Waals surface area contributed by atoms with E-state index in [1.165, 1.54) is 6.07 Å². The number of carbonyl (C=O) groups is 1. The highest BCUT2D eigenvalue weighted by Crippen LogP contribution is 2.37. The van der Waals surface area contributed by atoms with E-state index in [0.29, 0.717) is 32.5 Å². The van der Waals surface area contributed by atoms with Crippen molar-refractivity contribution in [3.63, 3.8) is 0 Å². The van der Waals surface area contributed by atoms with E-state index in [1.807, 2.05) is 19.2 Å². The number of nitrogens with one attached hydrogen (secondary N) is 1. The summed E-state index contributed by atoms with van der Waals surface area (Å²) in [6.45, 7) is 6.95. The first kappa shape index (κ1) is 25.7. The lowest BCUT2D eigenvalue weighted by Gasteiger charge is -2.36. The SMILES string of the molecule is Cc1ccc(N2CCN(CCC(=O)N3CC[C@@H](Nc4ccc([N+](=O)[O-])c(C(F)(F)F)c4)C3)CC2)cn1. The number of nitrogens with zero attached hydrogens (tertiary/aromatic N) is 5. The number of amides is 1. The Labute approximate surface area is 207 Å². The minimum absolute atomic E-state index is 0.0177. The molecule has 2 fully saturated rings. The van der Waals surface area contributed by atoms with Crippen LogP contribution in [0.3, 0.4) is 0 Å². The standard InChI is InChI=1S/C24H29F3N6O3/c1-17-2-4-20(15-28-17)31-12-10-30(11-13-31)8-7-23(34)32-9-6-19(16-32)29-18-3-5-22(33(35)36)21(14-18)24(25,26)27/h2-5,14-15,19,29H,6-13,16H2,1H3/t19-/m1/s1. The number of nitro groups is 1. The van der Waals surface area contributed by atoms with Crippen LogP contribution in [0.1, 0.15) is 24.1 Å². The third-order valence-electron chi connectivity index (χ3n) is 6.69. The first-order valence-electron chi connectivity index (χ1n) is 11.9. The molecule has 12 heteroatoms. The van der Waals surface area contributed by atoms with E-state index < -0.39 is 22.4 Å². The van der Waals surface area contributed by atoms with Gasteiger partial charge in [0.1, 0.15) is 5.56 Å². The van der Waals surface area contributed by atoms with Crippen molar-refractivity contribution in [2.75, 3.05) is 56.0 Å². The number of aromatic nitrogens is 1.